The van der Waals surface area contributed by atoms with Gasteiger partial charge in [-0.1, -0.05) is 18.2 Å². The van der Waals surface area contributed by atoms with Crippen LogP contribution in [0.3, 0.4) is 0 Å². The lowest BCUT2D eigenvalue weighted by Crippen LogP contribution is -2.35. The Bertz CT molecular complexity index is 778. The van der Waals surface area contributed by atoms with Gasteiger partial charge in [0.25, 0.3) is 11.8 Å². The Morgan fingerprint density at radius 3 is 2.92 bits per heavy atom. The molecule has 0 atom stereocenters. The number of amides is 2. The van der Waals surface area contributed by atoms with E-state index in [0.717, 1.165) is 0 Å². The van der Waals surface area contributed by atoms with E-state index in [0.29, 0.717) is 36.8 Å². The van der Waals surface area contributed by atoms with Gasteiger partial charge in [-0.15, -0.1) is 0 Å². The molecule has 2 aromatic rings. The van der Waals surface area contributed by atoms with Gasteiger partial charge in [0.05, 0.1) is 18.7 Å². The Morgan fingerprint density at radius 1 is 1.24 bits per heavy atom. The summed E-state index contributed by atoms with van der Waals surface area (Å²) in [4.78, 5) is 25.6. The Balaban J connectivity index is 1.61. The lowest BCUT2D eigenvalue weighted by Gasteiger charge is -2.20. The first-order chi connectivity index (χ1) is 12.2. The second-order valence-corrected chi connectivity index (χ2v) is 5.45. The highest BCUT2D eigenvalue weighted by molar-refractivity contribution is 5.97. The van der Waals surface area contributed by atoms with E-state index < -0.39 is 5.91 Å². The summed E-state index contributed by atoms with van der Waals surface area (Å²) in [6.07, 6.45) is 0. The fourth-order valence-electron chi connectivity index (χ4n) is 2.59. The first kappa shape index (κ1) is 16.8. The molecule has 1 heterocycles. The van der Waals surface area contributed by atoms with Crippen molar-refractivity contribution in [2.24, 2.45) is 0 Å². The molecule has 1 aliphatic rings. The van der Waals surface area contributed by atoms with Crippen molar-refractivity contribution < 1.29 is 24.3 Å². The van der Waals surface area contributed by atoms with Gasteiger partial charge in [-0.25, -0.2) is 5.48 Å². The molecule has 2 aromatic carbocycles. The number of benzene rings is 2. The van der Waals surface area contributed by atoms with Gasteiger partial charge in [0.2, 0.25) is 0 Å². The number of hydrogen-bond acceptors (Lipinski definition) is 5. The number of nitrogens with one attached hydrogen (secondary N) is 1. The summed E-state index contributed by atoms with van der Waals surface area (Å²) in [6, 6.07) is 13.6. The SMILES string of the molecule is O=C(NO)c1cccc(OCCN2CCOc3ccccc3C2=O)c1. The van der Waals surface area contributed by atoms with E-state index in [9.17, 15) is 9.59 Å². The number of rotatable bonds is 5. The second kappa shape index (κ2) is 7.67. The van der Waals surface area contributed by atoms with Crippen molar-refractivity contribution in [3.05, 3.63) is 59.7 Å². The van der Waals surface area contributed by atoms with Crippen molar-refractivity contribution in [2.75, 3.05) is 26.3 Å². The van der Waals surface area contributed by atoms with Crippen LogP contribution in [0.5, 0.6) is 11.5 Å². The molecule has 7 heteroatoms. The van der Waals surface area contributed by atoms with Crippen LogP contribution in [0.25, 0.3) is 0 Å². The van der Waals surface area contributed by atoms with Crippen LogP contribution in [0.4, 0.5) is 0 Å². The smallest absolute Gasteiger partial charge is 0.274 e. The Hall–Kier alpha value is -3.06. The minimum absolute atomic E-state index is 0.0925. The van der Waals surface area contributed by atoms with E-state index in [1.54, 1.807) is 46.8 Å². The number of hydrogen-bond donors (Lipinski definition) is 2. The van der Waals surface area contributed by atoms with Crippen LogP contribution in [0.2, 0.25) is 0 Å². The van der Waals surface area contributed by atoms with E-state index in [1.165, 1.54) is 6.07 Å². The zero-order valence-electron chi connectivity index (χ0n) is 13.5. The zero-order valence-corrected chi connectivity index (χ0v) is 13.5. The number of hydroxylamine groups is 1. The maximum Gasteiger partial charge on any atom is 0.274 e. The molecule has 0 unspecified atom stereocenters. The molecule has 0 bridgehead atoms. The molecule has 7 nitrogen and oxygen atoms in total. The number of carbonyl (C=O) groups is 2. The molecule has 0 aliphatic carbocycles. The van der Waals surface area contributed by atoms with E-state index in [1.807, 2.05) is 6.07 Å². The van der Waals surface area contributed by atoms with Crippen molar-refractivity contribution >= 4 is 11.8 Å². The van der Waals surface area contributed by atoms with Crippen molar-refractivity contribution in [3.8, 4) is 11.5 Å². The van der Waals surface area contributed by atoms with E-state index >= 15 is 0 Å². The zero-order chi connectivity index (χ0) is 17.6. The molecule has 130 valence electrons. The van der Waals surface area contributed by atoms with Crippen molar-refractivity contribution in [2.45, 2.75) is 0 Å². The van der Waals surface area contributed by atoms with Crippen LogP contribution in [-0.4, -0.2) is 48.2 Å². The predicted octanol–water partition coefficient (Wildman–Crippen LogP) is 1.72. The van der Waals surface area contributed by atoms with Crippen LogP contribution >= 0.6 is 0 Å². The number of nitrogens with zero attached hydrogens (tertiary/aromatic N) is 1. The summed E-state index contributed by atoms with van der Waals surface area (Å²) in [5, 5.41) is 8.66. The first-order valence-corrected chi connectivity index (χ1v) is 7.87. The van der Waals surface area contributed by atoms with E-state index in [4.69, 9.17) is 14.7 Å². The van der Waals surface area contributed by atoms with Crippen molar-refractivity contribution in [3.63, 3.8) is 0 Å². The minimum Gasteiger partial charge on any atom is -0.492 e. The van der Waals surface area contributed by atoms with Gasteiger partial charge in [-0.05, 0) is 30.3 Å². The quantitative estimate of drug-likeness (QED) is 0.638. The molecule has 25 heavy (non-hydrogen) atoms. The standard InChI is InChI=1S/C18H18N2O5/c21-17(19-23)13-4-3-5-14(12-13)24-10-8-20-9-11-25-16-7-2-1-6-15(16)18(20)22/h1-7,12,23H,8-11H2,(H,19,21). The molecule has 1 aliphatic heterocycles. The molecule has 0 saturated carbocycles. The predicted molar refractivity (Wildman–Crippen MR) is 89.0 cm³/mol. The molecule has 0 saturated heterocycles. The Labute approximate surface area is 144 Å². The number of fused-ring (bicyclic) bond motifs is 1. The lowest BCUT2D eigenvalue weighted by atomic mass is 10.2. The molecular weight excluding hydrogens is 324 g/mol. The highest BCUT2D eigenvalue weighted by Crippen LogP contribution is 2.22. The monoisotopic (exact) mass is 342 g/mol. The maximum absolute atomic E-state index is 12.6. The maximum atomic E-state index is 12.6. The molecule has 2 N–H and O–H groups in total. The summed E-state index contributed by atoms with van der Waals surface area (Å²) < 4.78 is 11.2. The fourth-order valence-corrected chi connectivity index (χ4v) is 2.59. The molecule has 0 spiro atoms. The van der Waals surface area contributed by atoms with E-state index in [-0.39, 0.29) is 18.1 Å². The average molecular weight is 342 g/mol. The lowest BCUT2D eigenvalue weighted by molar-refractivity contribution is 0.0706. The van der Waals surface area contributed by atoms with Crippen LogP contribution in [-0.2, 0) is 0 Å². The third-order valence-electron chi connectivity index (χ3n) is 3.85. The van der Waals surface area contributed by atoms with Crippen molar-refractivity contribution in [1.82, 2.24) is 10.4 Å². The van der Waals surface area contributed by atoms with E-state index in [2.05, 4.69) is 0 Å². The van der Waals surface area contributed by atoms with Crippen LogP contribution in [0, 0.1) is 0 Å². The number of carbonyl (C=O) groups excluding carboxylic acids is 2. The number of para-hydroxylation sites is 1. The number of ether oxygens (including phenoxy) is 2. The molecule has 3 rings (SSSR count). The third kappa shape index (κ3) is 3.89. The van der Waals surface area contributed by atoms with Crippen LogP contribution < -0.4 is 15.0 Å². The Kier molecular flexibility index (Phi) is 5.15. The first-order valence-electron chi connectivity index (χ1n) is 7.87. The van der Waals surface area contributed by atoms with Gasteiger partial charge >= 0.3 is 0 Å². The summed E-state index contributed by atoms with van der Waals surface area (Å²) in [5.41, 5.74) is 2.41. The van der Waals surface area contributed by atoms with Crippen molar-refractivity contribution in [1.29, 1.82) is 0 Å². The minimum atomic E-state index is -0.609. The molecule has 0 radical (unpaired) electrons. The second-order valence-electron chi connectivity index (χ2n) is 5.45. The molecule has 2 amide bonds. The van der Waals surface area contributed by atoms with Gasteiger partial charge in [0.15, 0.2) is 0 Å². The fraction of sp³-hybridized carbons (Fsp3) is 0.222. The topological polar surface area (TPSA) is 88.1 Å². The van der Waals surface area contributed by atoms with Crippen LogP contribution in [0.1, 0.15) is 20.7 Å². The van der Waals surface area contributed by atoms with Gasteiger partial charge in [-0.2, -0.15) is 0 Å². The average Bonchev–Trinajstić information content (AvgIpc) is 2.81. The molecule has 0 aromatic heterocycles. The van der Waals surface area contributed by atoms with Gasteiger partial charge < -0.3 is 14.4 Å². The third-order valence-corrected chi connectivity index (χ3v) is 3.85. The van der Waals surface area contributed by atoms with Crippen LogP contribution in [0.15, 0.2) is 48.5 Å². The summed E-state index contributed by atoms with van der Waals surface area (Å²) in [7, 11) is 0. The van der Waals surface area contributed by atoms with Gasteiger partial charge in [-0.3, -0.25) is 14.8 Å². The molecular formula is C18H18N2O5. The highest BCUT2D eigenvalue weighted by Gasteiger charge is 2.22. The van der Waals surface area contributed by atoms with Gasteiger partial charge in [0, 0.05) is 5.56 Å². The summed E-state index contributed by atoms with van der Waals surface area (Å²) >= 11 is 0. The highest BCUT2D eigenvalue weighted by atomic mass is 16.5. The largest absolute Gasteiger partial charge is 0.492 e. The van der Waals surface area contributed by atoms with Gasteiger partial charge in [0.1, 0.15) is 24.7 Å². The summed E-state index contributed by atoms with van der Waals surface area (Å²) in [6.45, 7) is 1.57. The molecule has 0 fully saturated rings. The summed E-state index contributed by atoms with van der Waals surface area (Å²) in [5.74, 6) is 0.380. The Morgan fingerprint density at radius 2 is 2.08 bits per heavy atom. The normalized spacial score (nSPS) is 13.5.